The number of hydrogen-bond acceptors (Lipinski definition) is 2. The van der Waals surface area contributed by atoms with Crippen LogP contribution < -0.4 is 5.73 Å². The van der Waals surface area contributed by atoms with Crippen molar-refractivity contribution in [3.05, 3.63) is 34.9 Å². The van der Waals surface area contributed by atoms with Gasteiger partial charge in [-0.15, -0.1) is 0 Å². The predicted molar refractivity (Wildman–Crippen MR) is 59.5 cm³/mol. The van der Waals surface area contributed by atoms with Crippen molar-refractivity contribution >= 4 is 11.6 Å². The van der Waals surface area contributed by atoms with Crippen LogP contribution in [0.4, 0.5) is 0 Å². The summed E-state index contributed by atoms with van der Waals surface area (Å²) in [5.74, 6) is 0. The Morgan fingerprint density at radius 3 is 2.57 bits per heavy atom. The van der Waals surface area contributed by atoms with Gasteiger partial charge in [0.25, 0.3) is 0 Å². The molecule has 0 amide bonds. The molecule has 0 spiro atoms. The maximum Gasteiger partial charge on any atom is 0.0462 e. The Morgan fingerprint density at radius 2 is 2.00 bits per heavy atom. The van der Waals surface area contributed by atoms with Gasteiger partial charge in [-0.25, -0.2) is 0 Å². The summed E-state index contributed by atoms with van der Waals surface area (Å²) in [5, 5.41) is 0.748. The molecule has 0 aliphatic rings. The molecule has 0 aliphatic heterocycles. The maximum absolute atomic E-state index is 5.99. The largest absolute Gasteiger partial charge is 0.385 e. The van der Waals surface area contributed by atoms with E-state index in [1.54, 1.807) is 7.11 Å². The van der Waals surface area contributed by atoms with E-state index in [0.717, 1.165) is 30.0 Å². The molecule has 0 heterocycles. The Hall–Kier alpha value is -0.570. The summed E-state index contributed by atoms with van der Waals surface area (Å²) in [6, 6.07) is 7.77. The first-order valence-electron chi connectivity index (χ1n) is 4.74. The van der Waals surface area contributed by atoms with Crippen LogP contribution in [0, 0.1) is 0 Å². The van der Waals surface area contributed by atoms with E-state index in [1.165, 1.54) is 0 Å². The lowest BCUT2D eigenvalue weighted by atomic mass is 10.0. The van der Waals surface area contributed by atoms with E-state index in [2.05, 4.69) is 0 Å². The fraction of sp³-hybridized carbons (Fsp3) is 0.455. The summed E-state index contributed by atoms with van der Waals surface area (Å²) in [4.78, 5) is 0. The molecule has 1 aromatic carbocycles. The Kier molecular flexibility index (Phi) is 4.94. The maximum atomic E-state index is 5.99. The molecule has 0 saturated heterocycles. The van der Waals surface area contributed by atoms with Crippen molar-refractivity contribution in [1.29, 1.82) is 0 Å². The monoisotopic (exact) mass is 213 g/mol. The molecule has 0 aliphatic carbocycles. The molecule has 14 heavy (non-hydrogen) atoms. The van der Waals surface area contributed by atoms with E-state index in [4.69, 9.17) is 22.1 Å². The van der Waals surface area contributed by atoms with E-state index in [1.807, 2.05) is 24.3 Å². The fourth-order valence-corrected chi connectivity index (χ4v) is 1.45. The van der Waals surface area contributed by atoms with Crippen LogP contribution in [-0.2, 0) is 4.74 Å². The summed E-state index contributed by atoms with van der Waals surface area (Å²) < 4.78 is 4.97. The van der Waals surface area contributed by atoms with Gasteiger partial charge in [0.1, 0.15) is 0 Å². The lowest BCUT2D eigenvalue weighted by molar-refractivity contribution is 0.190. The van der Waals surface area contributed by atoms with Crippen molar-refractivity contribution in [1.82, 2.24) is 0 Å². The van der Waals surface area contributed by atoms with Crippen molar-refractivity contribution in [2.75, 3.05) is 13.7 Å². The van der Waals surface area contributed by atoms with Crippen LogP contribution in [0.5, 0.6) is 0 Å². The zero-order valence-electron chi connectivity index (χ0n) is 8.37. The van der Waals surface area contributed by atoms with Crippen LogP contribution in [0.3, 0.4) is 0 Å². The topological polar surface area (TPSA) is 35.2 Å². The Balaban J connectivity index is 2.43. The van der Waals surface area contributed by atoms with Crippen molar-refractivity contribution in [2.24, 2.45) is 5.73 Å². The number of nitrogens with two attached hydrogens (primary N) is 1. The highest BCUT2D eigenvalue weighted by atomic mass is 35.5. The van der Waals surface area contributed by atoms with E-state index < -0.39 is 0 Å². The smallest absolute Gasteiger partial charge is 0.0462 e. The standard InChI is InChI=1S/C11H16ClNO/c1-14-8-2-3-11(13)9-4-6-10(12)7-5-9/h4-7,11H,2-3,8,13H2,1H3. The second-order valence-corrected chi connectivity index (χ2v) is 3.73. The summed E-state index contributed by atoms with van der Waals surface area (Å²) in [7, 11) is 1.70. The summed E-state index contributed by atoms with van der Waals surface area (Å²) in [6.07, 6.45) is 1.93. The number of halogens is 1. The average molecular weight is 214 g/mol. The highest BCUT2D eigenvalue weighted by Crippen LogP contribution is 2.18. The van der Waals surface area contributed by atoms with E-state index in [9.17, 15) is 0 Å². The van der Waals surface area contributed by atoms with Gasteiger partial charge in [0.2, 0.25) is 0 Å². The summed E-state index contributed by atoms with van der Waals surface area (Å²) >= 11 is 5.78. The third-order valence-corrected chi connectivity index (χ3v) is 2.41. The molecule has 3 heteroatoms. The Bertz CT molecular complexity index is 260. The first-order valence-corrected chi connectivity index (χ1v) is 5.12. The van der Waals surface area contributed by atoms with Crippen LogP contribution in [0.2, 0.25) is 5.02 Å². The molecule has 2 N–H and O–H groups in total. The third-order valence-electron chi connectivity index (χ3n) is 2.16. The minimum atomic E-state index is 0.0856. The van der Waals surface area contributed by atoms with E-state index >= 15 is 0 Å². The zero-order valence-corrected chi connectivity index (χ0v) is 9.13. The van der Waals surface area contributed by atoms with Crippen molar-refractivity contribution in [2.45, 2.75) is 18.9 Å². The number of methoxy groups -OCH3 is 1. The van der Waals surface area contributed by atoms with Crippen molar-refractivity contribution < 1.29 is 4.74 Å². The van der Waals surface area contributed by atoms with Crippen LogP contribution in [0.15, 0.2) is 24.3 Å². The van der Waals surface area contributed by atoms with Gasteiger partial charge in [0.15, 0.2) is 0 Å². The molecular formula is C11H16ClNO. The number of ether oxygens (including phenoxy) is 1. The second kappa shape index (κ2) is 6.02. The minimum absolute atomic E-state index is 0.0856. The first-order chi connectivity index (χ1) is 6.74. The quantitative estimate of drug-likeness (QED) is 0.764. The lowest BCUT2D eigenvalue weighted by Gasteiger charge is -2.11. The van der Waals surface area contributed by atoms with Crippen molar-refractivity contribution in [3.63, 3.8) is 0 Å². The molecule has 1 atom stereocenters. The molecule has 1 unspecified atom stereocenters. The molecule has 1 rings (SSSR count). The molecule has 2 nitrogen and oxygen atoms in total. The fourth-order valence-electron chi connectivity index (χ4n) is 1.32. The third kappa shape index (κ3) is 3.66. The normalized spacial score (nSPS) is 12.8. The number of benzene rings is 1. The Morgan fingerprint density at radius 1 is 1.36 bits per heavy atom. The van der Waals surface area contributed by atoms with Crippen molar-refractivity contribution in [3.8, 4) is 0 Å². The highest BCUT2D eigenvalue weighted by molar-refractivity contribution is 6.30. The molecule has 0 fully saturated rings. The van der Waals surface area contributed by atoms with Gasteiger partial charge in [-0.2, -0.15) is 0 Å². The average Bonchev–Trinajstić information content (AvgIpc) is 2.19. The van der Waals surface area contributed by atoms with Gasteiger partial charge in [-0.05, 0) is 30.5 Å². The van der Waals surface area contributed by atoms with Crippen LogP contribution in [0.25, 0.3) is 0 Å². The summed E-state index contributed by atoms with van der Waals surface area (Å²) in [6.45, 7) is 0.765. The van der Waals surface area contributed by atoms with E-state index in [0.29, 0.717) is 0 Å². The lowest BCUT2D eigenvalue weighted by Crippen LogP contribution is -2.10. The molecule has 0 radical (unpaired) electrons. The van der Waals surface area contributed by atoms with Gasteiger partial charge in [0, 0.05) is 24.8 Å². The number of rotatable bonds is 5. The van der Waals surface area contributed by atoms with Crippen LogP contribution >= 0.6 is 11.6 Å². The Labute approximate surface area is 90.0 Å². The SMILES string of the molecule is COCCCC(N)c1ccc(Cl)cc1. The van der Waals surface area contributed by atoms with Gasteiger partial charge >= 0.3 is 0 Å². The predicted octanol–water partition coefficient (Wildman–Crippen LogP) is 2.77. The van der Waals surface area contributed by atoms with Crippen LogP contribution in [-0.4, -0.2) is 13.7 Å². The number of hydrogen-bond donors (Lipinski definition) is 1. The zero-order chi connectivity index (χ0) is 10.4. The molecule has 0 aromatic heterocycles. The molecule has 0 bridgehead atoms. The van der Waals surface area contributed by atoms with Gasteiger partial charge in [-0.1, -0.05) is 23.7 Å². The molecule has 0 saturated carbocycles. The van der Waals surface area contributed by atoms with Crippen LogP contribution in [0.1, 0.15) is 24.4 Å². The summed E-state index contributed by atoms with van der Waals surface area (Å²) in [5.41, 5.74) is 7.12. The molecular weight excluding hydrogens is 198 g/mol. The molecule has 78 valence electrons. The van der Waals surface area contributed by atoms with Gasteiger partial charge in [-0.3, -0.25) is 0 Å². The van der Waals surface area contributed by atoms with E-state index in [-0.39, 0.29) is 6.04 Å². The second-order valence-electron chi connectivity index (χ2n) is 3.29. The first kappa shape index (κ1) is 11.5. The molecule has 1 aromatic rings. The highest BCUT2D eigenvalue weighted by Gasteiger charge is 2.04. The van der Waals surface area contributed by atoms with Gasteiger partial charge < -0.3 is 10.5 Å². The minimum Gasteiger partial charge on any atom is -0.385 e. The van der Waals surface area contributed by atoms with Gasteiger partial charge in [0.05, 0.1) is 0 Å².